The molecule has 0 saturated carbocycles. The Kier molecular flexibility index (Phi) is 4.17. The quantitative estimate of drug-likeness (QED) is 0.574. The Bertz CT molecular complexity index is 665. The first-order valence-electron chi connectivity index (χ1n) is 5.60. The van der Waals surface area contributed by atoms with Crippen LogP contribution in [-0.2, 0) is 0 Å². The molecule has 0 bridgehead atoms. The predicted molar refractivity (Wildman–Crippen MR) is 57.6 cm³/mol. The number of benzene rings is 1. The van der Waals surface area contributed by atoms with Gasteiger partial charge < -0.3 is 4.74 Å². The van der Waals surface area contributed by atoms with Gasteiger partial charge in [-0.1, -0.05) is 0 Å². The van der Waals surface area contributed by atoms with Crippen LogP contribution in [0.5, 0.6) is 5.75 Å². The molecular weight excluding hydrogens is 324 g/mol. The number of methoxy groups -OCH3 is 1. The summed E-state index contributed by atoms with van der Waals surface area (Å²) in [7, 11) is 0.691. The van der Waals surface area contributed by atoms with Crippen LogP contribution in [0, 0.1) is 29.3 Å². The highest BCUT2D eigenvalue weighted by Gasteiger charge is 2.42. The molecule has 2 rings (SSSR count). The maximum atomic E-state index is 13.8. The Balaban J connectivity index is 2.76. The first kappa shape index (κ1) is 16.3. The Morgan fingerprint density at radius 3 is 1.82 bits per heavy atom. The predicted octanol–water partition coefficient (Wildman–Crippen LogP) is 4.49. The van der Waals surface area contributed by atoms with Gasteiger partial charge in [-0.2, -0.15) is 8.78 Å². The number of hydrogen-bond donors (Lipinski definition) is 0. The van der Waals surface area contributed by atoms with E-state index in [1.165, 1.54) is 0 Å². The molecule has 0 fully saturated rings. The van der Waals surface area contributed by atoms with Crippen molar-refractivity contribution in [2.75, 3.05) is 7.11 Å². The maximum absolute atomic E-state index is 13.8. The number of ether oxygens (including phenoxy) is 1. The van der Waals surface area contributed by atoms with Crippen molar-refractivity contribution < 1.29 is 39.9 Å². The lowest BCUT2D eigenvalue weighted by Gasteiger charge is -2.23. The van der Waals surface area contributed by atoms with Gasteiger partial charge in [-0.15, -0.1) is 0 Å². The van der Waals surface area contributed by atoms with Crippen molar-refractivity contribution in [3.63, 3.8) is 0 Å². The van der Waals surface area contributed by atoms with Crippen LogP contribution in [0.3, 0.4) is 0 Å². The van der Waals surface area contributed by atoms with Crippen LogP contribution in [0.1, 0.15) is 11.5 Å². The standard InChI is InChI=1S/C13H5F8O/c1-22-13-11(20)9(18)6(10(19)12(13)21)5-7(16)3(14)2-4(15)8(5)17/h5,7H,1H3. The van der Waals surface area contributed by atoms with Crippen molar-refractivity contribution in [2.24, 2.45) is 0 Å². The smallest absolute Gasteiger partial charge is 0.204 e. The van der Waals surface area contributed by atoms with E-state index in [1.807, 2.05) is 0 Å². The lowest BCUT2D eigenvalue weighted by molar-refractivity contribution is 0.248. The molecule has 0 N–H and O–H groups in total. The van der Waals surface area contributed by atoms with Crippen molar-refractivity contribution in [2.45, 2.75) is 12.1 Å². The van der Waals surface area contributed by atoms with E-state index in [-0.39, 0.29) is 0 Å². The van der Waals surface area contributed by atoms with Gasteiger partial charge in [-0.05, 0) is 0 Å². The van der Waals surface area contributed by atoms with E-state index in [0.717, 1.165) is 6.08 Å². The van der Waals surface area contributed by atoms with E-state index in [0.29, 0.717) is 7.11 Å². The largest absolute Gasteiger partial charge is 0.491 e. The van der Waals surface area contributed by atoms with Crippen LogP contribution in [0.25, 0.3) is 0 Å². The second-order valence-electron chi connectivity index (χ2n) is 4.22. The molecule has 0 aliphatic heterocycles. The number of alkyl halides is 1. The number of halogens is 8. The minimum absolute atomic E-state index is 0.691. The zero-order valence-electron chi connectivity index (χ0n) is 10.6. The van der Waals surface area contributed by atoms with Crippen LogP contribution in [0.4, 0.5) is 35.1 Å². The molecule has 2 unspecified atom stereocenters. The summed E-state index contributed by atoms with van der Waals surface area (Å²) in [6, 6.07) is 0. The van der Waals surface area contributed by atoms with Gasteiger partial charge in [-0.3, -0.25) is 0 Å². The second kappa shape index (κ2) is 5.62. The highest BCUT2D eigenvalue weighted by Crippen LogP contribution is 2.44. The SMILES string of the molecule is COc1c(F)c(F)c(C2C(F)=C(F)[C]=C(F)C2F)c(F)c1F. The Labute approximate surface area is 118 Å². The summed E-state index contributed by atoms with van der Waals surface area (Å²) in [6.45, 7) is 0. The minimum atomic E-state index is -3.10. The van der Waals surface area contributed by atoms with Crippen molar-refractivity contribution >= 4 is 0 Å². The molecule has 22 heavy (non-hydrogen) atoms. The summed E-state index contributed by atoms with van der Waals surface area (Å²) in [5, 5.41) is 0. The fourth-order valence-electron chi connectivity index (χ4n) is 2.00. The normalized spacial score (nSPS) is 22.0. The molecule has 9 heteroatoms. The third-order valence-corrected chi connectivity index (χ3v) is 3.02. The molecule has 0 aromatic heterocycles. The third kappa shape index (κ3) is 2.24. The molecule has 1 aromatic rings. The van der Waals surface area contributed by atoms with Crippen LogP contribution in [-0.4, -0.2) is 13.3 Å². The topological polar surface area (TPSA) is 9.23 Å². The Morgan fingerprint density at radius 2 is 1.36 bits per heavy atom. The first-order valence-corrected chi connectivity index (χ1v) is 5.60. The molecule has 0 spiro atoms. The van der Waals surface area contributed by atoms with Crippen LogP contribution < -0.4 is 4.74 Å². The van der Waals surface area contributed by atoms with Gasteiger partial charge in [-0.25, -0.2) is 26.3 Å². The van der Waals surface area contributed by atoms with Gasteiger partial charge in [0.25, 0.3) is 0 Å². The summed E-state index contributed by atoms with van der Waals surface area (Å²) in [5.74, 6) is -19.2. The molecule has 1 aromatic carbocycles. The lowest BCUT2D eigenvalue weighted by Crippen LogP contribution is -2.23. The van der Waals surface area contributed by atoms with Gasteiger partial charge in [0, 0.05) is 5.56 Å². The number of allylic oxidation sites excluding steroid dienone is 4. The van der Waals surface area contributed by atoms with Crippen molar-refractivity contribution in [3.05, 3.63) is 52.4 Å². The van der Waals surface area contributed by atoms with Crippen molar-refractivity contribution in [1.29, 1.82) is 0 Å². The van der Waals surface area contributed by atoms with Gasteiger partial charge >= 0.3 is 0 Å². The molecule has 1 radical (unpaired) electrons. The van der Waals surface area contributed by atoms with Gasteiger partial charge in [0.2, 0.25) is 11.6 Å². The fraction of sp³-hybridized carbons (Fsp3) is 0.231. The van der Waals surface area contributed by atoms with Gasteiger partial charge in [0.1, 0.15) is 11.7 Å². The Hall–Kier alpha value is -2.06. The average molecular weight is 329 g/mol. The van der Waals surface area contributed by atoms with E-state index < -0.39 is 64.2 Å². The number of rotatable bonds is 2. The molecule has 1 nitrogen and oxygen atoms in total. The summed E-state index contributed by atoms with van der Waals surface area (Å²) in [5.41, 5.74) is -1.83. The third-order valence-electron chi connectivity index (χ3n) is 3.02. The Morgan fingerprint density at radius 1 is 0.864 bits per heavy atom. The summed E-state index contributed by atoms with van der Waals surface area (Å²) < 4.78 is 112. The number of hydrogen-bond acceptors (Lipinski definition) is 1. The molecule has 0 saturated heterocycles. The zero-order chi connectivity index (χ0) is 16.8. The van der Waals surface area contributed by atoms with Gasteiger partial charge in [0.15, 0.2) is 29.4 Å². The molecule has 119 valence electrons. The highest BCUT2D eigenvalue weighted by atomic mass is 19.2. The van der Waals surface area contributed by atoms with Crippen LogP contribution >= 0.6 is 0 Å². The molecule has 1 aliphatic rings. The van der Waals surface area contributed by atoms with Crippen molar-refractivity contribution in [3.8, 4) is 5.75 Å². The molecular formula is C13H5F8O. The first-order chi connectivity index (χ1) is 10.2. The zero-order valence-corrected chi connectivity index (χ0v) is 10.6. The maximum Gasteiger partial charge on any atom is 0.204 e. The fourth-order valence-corrected chi connectivity index (χ4v) is 2.00. The average Bonchev–Trinajstić information content (AvgIpc) is 2.47. The van der Waals surface area contributed by atoms with E-state index in [1.54, 1.807) is 0 Å². The van der Waals surface area contributed by atoms with Crippen LogP contribution in [0.2, 0.25) is 0 Å². The molecule has 2 atom stereocenters. The van der Waals surface area contributed by atoms with Crippen molar-refractivity contribution in [1.82, 2.24) is 0 Å². The van der Waals surface area contributed by atoms with E-state index in [9.17, 15) is 35.1 Å². The van der Waals surface area contributed by atoms with Gasteiger partial charge in [0.05, 0.1) is 19.1 Å². The highest BCUT2D eigenvalue weighted by molar-refractivity contribution is 5.43. The lowest BCUT2D eigenvalue weighted by atomic mass is 9.87. The van der Waals surface area contributed by atoms with E-state index >= 15 is 0 Å². The van der Waals surface area contributed by atoms with Crippen LogP contribution in [0.15, 0.2) is 17.5 Å². The summed E-state index contributed by atoms with van der Waals surface area (Å²) in [6.07, 6.45) is -2.08. The second-order valence-corrected chi connectivity index (χ2v) is 4.22. The monoisotopic (exact) mass is 329 g/mol. The molecule has 1 aliphatic carbocycles. The summed E-state index contributed by atoms with van der Waals surface area (Å²) >= 11 is 0. The molecule has 0 amide bonds. The molecule has 0 heterocycles. The van der Waals surface area contributed by atoms with E-state index in [4.69, 9.17) is 0 Å². The summed E-state index contributed by atoms with van der Waals surface area (Å²) in [4.78, 5) is 0. The minimum Gasteiger partial charge on any atom is -0.491 e. The van der Waals surface area contributed by atoms with E-state index in [2.05, 4.69) is 4.74 Å².